The van der Waals surface area contributed by atoms with Crippen molar-refractivity contribution in [2.24, 2.45) is 18.9 Å². The van der Waals surface area contributed by atoms with Crippen LogP contribution < -0.4 is 0 Å². The van der Waals surface area contributed by atoms with Crippen molar-refractivity contribution in [2.45, 2.75) is 30.9 Å². The van der Waals surface area contributed by atoms with Crippen LogP contribution in [0, 0.1) is 11.8 Å². The Balaban J connectivity index is 1.73. The number of piperidine rings is 1. The van der Waals surface area contributed by atoms with Gasteiger partial charge in [-0.25, -0.2) is 0 Å². The normalized spacial score (nSPS) is 22.9. The largest absolute Gasteiger partial charge is 0.337 e. The van der Waals surface area contributed by atoms with Crippen LogP contribution in [0.5, 0.6) is 0 Å². The van der Waals surface area contributed by atoms with Gasteiger partial charge in [0, 0.05) is 41.9 Å². The molecule has 0 aliphatic carbocycles. The molecule has 0 unspecified atom stereocenters. The first kappa shape index (κ1) is 15.8. The monoisotopic (exact) mass is 341 g/mol. The van der Waals surface area contributed by atoms with E-state index in [9.17, 15) is 4.79 Å². The topological polar surface area (TPSA) is 38.1 Å². The average Bonchev–Trinajstić information content (AvgIpc) is 2.90. The third kappa shape index (κ3) is 2.55. The van der Waals surface area contributed by atoms with Gasteiger partial charge in [0.2, 0.25) is 0 Å². The number of fused-ring (bicyclic) bond motifs is 3. The summed E-state index contributed by atoms with van der Waals surface area (Å²) in [6.07, 6.45) is 1.20. The first-order valence-corrected chi connectivity index (χ1v) is 9.60. The predicted octanol–water partition coefficient (Wildman–Crippen LogP) is 3.81. The maximum Gasteiger partial charge on any atom is 0.274 e. The van der Waals surface area contributed by atoms with Gasteiger partial charge in [-0.15, -0.1) is 11.8 Å². The summed E-state index contributed by atoms with van der Waals surface area (Å²) in [4.78, 5) is 16.4. The highest BCUT2D eigenvalue weighted by Crippen LogP contribution is 2.42. The molecule has 3 heterocycles. The van der Waals surface area contributed by atoms with Crippen molar-refractivity contribution in [3.05, 3.63) is 35.5 Å². The smallest absolute Gasteiger partial charge is 0.274 e. The Kier molecular flexibility index (Phi) is 3.91. The number of amides is 1. The molecule has 5 heteroatoms. The molecular formula is C19H23N3OS. The number of hydrogen-bond donors (Lipinski definition) is 0. The van der Waals surface area contributed by atoms with Gasteiger partial charge < -0.3 is 4.90 Å². The fourth-order valence-electron chi connectivity index (χ4n) is 4.13. The third-order valence-electron chi connectivity index (χ3n) is 5.02. The minimum Gasteiger partial charge on any atom is -0.337 e. The summed E-state index contributed by atoms with van der Waals surface area (Å²) in [6.45, 7) is 6.16. The van der Waals surface area contributed by atoms with Crippen LogP contribution >= 0.6 is 11.8 Å². The molecule has 2 atom stereocenters. The van der Waals surface area contributed by atoms with E-state index in [0.717, 1.165) is 30.1 Å². The van der Waals surface area contributed by atoms with Crippen LogP contribution in [0.4, 0.5) is 0 Å². The summed E-state index contributed by atoms with van der Waals surface area (Å²) in [5, 5.41) is 4.63. The van der Waals surface area contributed by atoms with Crippen LogP contribution in [0.15, 0.2) is 29.2 Å². The first-order valence-electron chi connectivity index (χ1n) is 8.62. The van der Waals surface area contributed by atoms with E-state index >= 15 is 0 Å². The fourth-order valence-corrected chi connectivity index (χ4v) is 5.20. The number of carbonyl (C=O) groups excluding carboxylic acids is 1. The summed E-state index contributed by atoms with van der Waals surface area (Å²) >= 11 is 1.80. The zero-order valence-electron chi connectivity index (χ0n) is 14.5. The lowest BCUT2D eigenvalue weighted by atomic mass is 9.91. The number of aromatic nitrogens is 2. The Bertz CT molecular complexity index is 788. The molecule has 0 radical (unpaired) electrons. The summed E-state index contributed by atoms with van der Waals surface area (Å²) in [6, 6.07) is 8.39. The molecule has 2 aliphatic heterocycles. The highest BCUT2D eigenvalue weighted by atomic mass is 32.2. The van der Waals surface area contributed by atoms with Gasteiger partial charge in [-0.1, -0.05) is 32.0 Å². The molecule has 1 aromatic carbocycles. The fraction of sp³-hybridized carbons (Fsp3) is 0.474. The molecule has 2 aromatic rings. The van der Waals surface area contributed by atoms with E-state index in [4.69, 9.17) is 0 Å². The molecule has 1 amide bonds. The van der Waals surface area contributed by atoms with Crippen molar-refractivity contribution in [3.8, 4) is 11.3 Å². The Morgan fingerprint density at radius 3 is 2.67 bits per heavy atom. The predicted molar refractivity (Wildman–Crippen MR) is 97.1 cm³/mol. The number of likely N-dealkylation sites (tertiary alicyclic amines) is 1. The number of rotatable bonds is 1. The van der Waals surface area contributed by atoms with E-state index in [1.807, 2.05) is 16.6 Å². The Morgan fingerprint density at radius 1 is 1.21 bits per heavy atom. The molecule has 2 aliphatic rings. The number of carbonyl (C=O) groups is 1. The molecule has 1 aromatic heterocycles. The second kappa shape index (κ2) is 5.96. The van der Waals surface area contributed by atoms with E-state index in [2.05, 4.69) is 43.2 Å². The van der Waals surface area contributed by atoms with E-state index in [0.29, 0.717) is 17.5 Å². The Morgan fingerprint density at radius 2 is 1.92 bits per heavy atom. The van der Waals surface area contributed by atoms with Crippen molar-refractivity contribution in [1.82, 2.24) is 14.7 Å². The highest BCUT2D eigenvalue weighted by molar-refractivity contribution is 7.98. The molecule has 1 fully saturated rings. The molecular weight excluding hydrogens is 318 g/mol. The van der Waals surface area contributed by atoms with Gasteiger partial charge in [-0.05, 0) is 24.3 Å². The molecule has 24 heavy (non-hydrogen) atoms. The molecule has 4 rings (SSSR count). The number of thioether (sulfide) groups is 1. The molecule has 1 saturated heterocycles. The van der Waals surface area contributed by atoms with E-state index in [1.165, 1.54) is 16.9 Å². The van der Waals surface area contributed by atoms with Crippen LogP contribution in [-0.2, 0) is 12.8 Å². The number of benzene rings is 1. The summed E-state index contributed by atoms with van der Waals surface area (Å²) in [7, 11) is 1.95. The van der Waals surface area contributed by atoms with Crippen LogP contribution in [0.1, 0.15) is 36.3 Å². The van der Waals surface area contributed by atoms with Crippen molar-refractivity contribution in [2.75, 3.05) is 13.1 Å². The maximum atomic E-state index is 13.1. The van der Waals surface area contributed by atoms with Gasteiger partial charge in [-0.3, -0.25) is 9.48 Å². The van der Waals surface area contributed by atoms with E-state index in [-0.39, 0.29) is 5.91 Å². The van der Waals surface area contributed by atoms with Crippen LogP contribution in [0.25, 0.3) is 11.3 Å². The van der Waals surface area contributed by atoms with Crippen molar-refractivity contribution < 1.29 is 4.79 Å². The van der Waals surface area contributed by atoms with Crippen molar-refractivity contribution in [3.63, 3.8) is 0 Å². The number of aryl methyl sites for hydroxylation is 1. The lowest BCUT2D eigenvalue weighted by Crippen LogP contribution is -2.43. The van der Waals surface area contributed by atoms with Gasteiger partial charge in [0.1, 0.15) is 0 Å². The molecule has 126 valence electrons. The van der Waals surface area contributed by atoms with Crippen molar-refractivity contribution >= 4 is 17.7 Å². The first-order chi connectivity index (χ1) is 11.5. The van der Waals surface area contributed by atoms with Crippen molar-refractivity contribution in [1.29, 1.82) is 0 Å². The molecule has 0 N–H and O–H groups in total. The van der Waals surface area contributed by atoms with E-state index < -0.39 is 0 Å². The van der Waals surface area contributed by atoms with E-state index in [1.54, 1.807) is 11.8 Å². The zero-order valence-corrected chi connectivity index (χ0v) is 15.3. The number of nitrogens with zero attached hydrogens (tertiary/aromatic N) is 3. The summed E-state index contributed by atoms with van der Waals surface area (Å²) in [5.41, 5.74) is 4.04. The SMILES string of the molecule is C[C@@H]1C[C@@H](C)CN(C(=O)c2nn(C)c3c2CSc2ccccc2-3)C1. The van der Waals surface area contributed by atoms with Gasteiger partial charge in [0.25, 0.3) is 5.91 Å². The second-order valence-electron chi connectivity index (χ2n) is 7.24. The van der Waals surface area contributed by atoms with Crippen LogP contribution in [0.2, 0.25) is 0 Å². The zero-order chi connectivity index (χ0) is 16.8. The second-order valence-corrected chi connectivity index (χ2v) is 8.26. The Hall–Kier alpha value is -1.75. The molecule has 4 nitrogen and oxygen atoms in total. The van der Waals surface area contributed by atoms with Gasteiger partial charge >= 0.3 is 0 Å². The summed E-state index contributed by atoms with van der Waals surface area (Å²) in [5.74, 6) is 2.05. The Labute approximate surface area is 147 Å². The van der Waals surface area contributed by atoms with Gasteiger partial charge in [0.15, 0.2) is 5.69 Å². The average molecular weight is 341 g/mol. The molecule has 0 spiro atoms. The number of hydrogen-bond acceptors (Lipinski definition) is 3. The highest BCUT2D eigenvalue weighted by Gasteiger charge is 2.32. The minimum atomic E-state index is 0.102. The van der Waals surface area contributed by atoms with Gasteiger partial charge in [-0.2, -0.15) is 5.10 Å². The lowest BCUT2D eigenvalue weighted by Gasteiger charge is -2.34. The minimum absolute atomic E-state index is 0.102. The van der Waals surface area contributed by atoms with Crippen LogP contribution in [0.3, 0.4) is 0 Å². The lowest BCUT2D eigenvalue weighted by molar-refractivity contribution is 0.0615. The maximum absolute atomic E-state index is 13.1. The third-order valence-corrected chi connectivity index (χ3v) is 6.12. The molecule has 0 saturated carbocycles. The quantitative estimate of drug-likeness (QED) is 0.791. The standard InChI is InChI=1S/C19H23N3OS/c1-12-8-13(2)10-22(9-12)19(23)17-15-11-24-16-7-5-4-6-14(16)18(15)21(3)20-17/h4-7,12-13H,8-11H2,1-3H3/t12-,13-/m1/s1. The molecule has 0 bridgehead atoms. The van der Waals surface area contributed by atoms with Gasteiger partial charge in [0.05, 0.1) is 5.69 Å². The van der Waals surface area contributed by atoms with Crippen LogP contribution in [-0.4, -0.2) is 33.7 Å². The summed E-state index contributed by atoms with van der Waals surface area (Å²) < 4.78 is 1.89.